The molecule has 0 aromatic carbocycles. The third kappa shape index (κ3) is 4.37. The SMILES string of the molecule is CCN(CC(=O)OC)C(=O)C=Cc1cccnc1. The highest BCUT2D eigenvalue weighted by Crippen LogP contribution is 2.00. The molecule has 5 heteroatoms. The highest BCUT2D eigenvalue weighted by molar-refractivity contribution is 5.93. The number of rotatable bonds is 5. The number of carbonyl (C=O) groups is 2. The second kappa shape index (κ2) is 7.21. The molecule has 0 aliphatic rings. The molecule has 0 fully saturated rings. The predicted molar refractivity (Wildman–Crippen MR) is 67.5 cm³/mol. The van der Waals surface area contributed by atoms with Crippen molar-refractivity contribution in [1.29, 1.82) is 0 Å². The van der Waals surface area contributed by atoms with Gasteiger partial charge in [-0.1, -0.05) is 6.07 Å². The molecule has 0 spiro atoms. The van der Waals surface area contributed by atoms with E-state index in [1.165, 1.54) is 18.1 Å². The number of carbonyl (C=O) groups excluding carboxylic acids is 2. The number of esters is 1. The average Bonchev–Trinajstić information content (AvgIpc) is 2.42. The van der Waals surface area contributed by atoms with Crippen LogP contribution in [-0.4, -0.2) is 42.0 Å². The zero-order chi connectivity index (χ0) is 13.4. The largest absolute Gasteiger partial charge is 0.468 e. The third-order valence-corrected chi connectivity index (χ3v) is 2.34. The minimum absolute atomic E-state index is 0.0385. The second-order valence-electron chi connectivity index (χ2n) is 3.55. The summed E-state index contributed by atoms with van der Waals surface area (Å²) in [6.07, 6.45) is 6.40. The molecule has 0 bridgehead atoms. The Hall–Kier alpha value is -2.17. The standard InChI is InChI=1S/C13H16N2O3/c1-3-15(10-13(17)18-2)12(16)7-6-11-5-4-8-14-9-11/h4-9H,3,10H2,1-2H3. The first-order valence-corrected chi connectivity index (χ1v) is 5.61. The Kier molecular flexibility index (Phi) is 5.57. The Morgan fingerprint density at radius 3 is 2.83 bits per heavy atom. The molecule has 18 heavy (non-hydrogen) atoms. The van der Waals surface area contributed by atoms with E-state index in [2.05, 4.69) is 9.72 Å². The van der Waals surface area contributed by atoms with Gasteiger partial charge in [-0.15, -0.1) is 0 Å². The summed E-state index contributed by atoms with van der Waals surface area (Å²) >= 11 is 0. The summed E-state index contributed by atoms with van der Waals surface area (Å²) in [5, 5.41) is 0. The van der Waals surface area contributed by atoms with Crippen molar-refractivity contribution in [1.82, 2.24) is 9.88 Å². The lowest BCUT2D eigenvalue weighted by atomic mass is 10.2. The maximum atomic E-state index is 11.8. The molecule has 1 aromatic rings. The predicted octanol–water partition coefficient (Wildman–Crippen LogP) is 1.12. The number of amides is 1. The highest BCUT2D eigenvalue weighted by atomic mass is 16.5. The van der Waals surface area contributed by atoms with Gasteiger partial charge in [0.05, 0.1) is 7.11 Å². The lowest BCUT2D eigenvalue weighted by Crippen LogP contribution is -2.34. The van der Waals surface area contributed by atoms with Gasteiger partial charge in [-0.25, -0.2) is 0 Å². The van der Waals surface area contributed by atoms with E-state index in [-0.39, 0.29) is 12.5 Å². The van der Waals surface area contributed by atoms with Crippen LogP contribution in [0.15, 0.2) is 30.6 Å². The van der Waals surface area contributed by atoms with Crippen molar-refractivity contribution in [2.75, 3.05) is 20.2 Å². The fourth-order valence-corrected chi connectivity index (χ4v) is 1.31. The molecule has 1 amide bonds. The molecule has 0 saturated carbocycles. The molecule has 0 saturated heterocycles. The number of hydrogen-bond donors (Lipinski definition) is 0. The Balaban J connectivity index is 2.62. The first kappa shape index (κ1) is 13.9. The van der Waals surface area contributed by atoms with E-state index in [9.17, 15) is 9.59 Å². The van der Waals surface area contributed by atoms with Crippen LogP contribution in [0.3, 0.4) is 0 Å². The maximum Gasteiger partial charge on any atom is 0.325 e. The van der Waals surface area contributed by atoms with Crippen molar-refractivity contribution in [3.63, 3.8) is 0 Å². The van der Waals surface area contributed by atoms with Crippen LogP contribution in [0.25, 0.3) is 6.08 Å². The number of pyridine rings is 1. The van der Waals surface area contributed by atoms with E-state index in [0.717, 1.165) is 5.56 Å². The fraction of sp³-hybridized carbons (Fsp3) is 0.308. The van der Waals surface area contributed by atoms with Crippen LogP contribution in [0.1, 0.15) is 12.5 Å². The summed E-state index contributed by atoms with van der Waals surface area (Å²) in [4.78, 5) is 28.3. The monoisotopic (exact) mass is 248 g/mol. The van der Waals surface area contributed by atoms with Gasteiger partial charge in [0.1, 0.15) is 6.54 Å². The minimum atomic E-state index is -0.431. The van der Waals surface area contributed by atoms with Gasteiger partial charge in [-0.05, 0) is 24.6 Å². The molecule has 0 unspecified atom stereocenters. The smallest absolute Gasteiger partial charge is 0.325 e. The summed E-state index contributed by atoms with van der Waals surface area (Å²) in [5.74, 6) is -0.660. The fourth-order valence-electron chi connectivity index (χ4n) is 1.31. The van der Waals surface area contributed by atoms with Crippen LogP contribution < -0.4 is 0 Å². The molecule has 0 radical (unpaired) electrons. The normalized spacial score (nSPS) is 10.3. The zero-order valence-corrected chi connectivity index (χ0v) is 10.5. The minimum Gasteiger partial charge on any atom is -0.468 e. The second-order valence-corrected chi connectivity index (χ2v) is 3.55. The average molecular weight is 248 g/mol. The molecule has 96 valence electrons. The molecule has 5 nitrogen and oxygen atoms in total. The van der Waals surface area contributed by atoms with Crippen molar-refractivity contribution in [2.45, 2.75) is 6.92 Å². The summed E-state index contributed by atoms with van der Waals surface area (Å²) in [5.41, 5.74) is 0.833. The Morgan fingerprint density at radius 1 is 1.50 bits per heavy atom. The molecular formula is C13H16N2O3. The number of nitrogens with zero attached hydrogens (tertiary/aromatic N) is 2. The van der Waals surface area contributed by atoms with Gasteiger partial charge < -0.3 is 9.64 Å². The van der Waals surface area contributed by atoms with Crippen molar-refractivity contribution >= 4 is 18.0 Å². The van der Waals surface area contributed by atoms with Crippen LogP contribution in [-0.2, 0) is 14.3 Å². The molecule has 1 rings (SSSR count). The van der Waals surface area contributed by atoms with Gasteiger partial charge >= 0.3 is 5.97 Å². The summed E-state index contributed by atoms with van der Waals surface area (Å²) < 4.78 is 4.53. The van der Waals surface area contributed by atoms with E-state index < -0.39 is 5.97 Å². The lowest BCUT2D eigenvalue weighted by Gasteiger charge is -2.17. The molecule has 0 N–H and O–H groups in total. The number of hydrogen-bond acceptors (Lipinski definition) is 4. The highest BCUT2D eigenvalue weighted by Gasteiger charge is 2.12. The van der Waals surface area contributed by atoms with E-state index in [1.54, 1.807) is 31.5 Å². The molecule has 1 heterocycles. The van der Waals surface area contributed by atoms with Gasteiger partial charge in [0.2, 0.25) is 5.91 Å². The van der Waals surface area contributed by atoms with Crippen LogP contribution in [0.2, 0.25) is 0 Å². The van der Waals surface area contributed by atoms with Crippen molar-refractivity contribution < 1.29 is 14.3 Å². The maximum absolute atomic E-state index is 11.8. The molecule has 0 atom stereocenters. The van der Waals surface area contributed by atoms with Crippen LogP contribution in [0.4, 0.5) is 0 Å². The summed E-state index contributed by atoms with van der Waals surface area (Å²) in [6.45, 7) is 2.22. The van der Waals surface area contributed by atoms with Gasteiger partial charge in [-0.3, -0.25) is 14.6 Å². The number of likely N-dealkylation sites (N-methyl/N-ethyl adjacent to an activating group) is 1. The summed E-state index contributed by atoms with van der Waals surface area (Å²) in [6, 6.07) is 3.63. The molecule has 1 aromatic heterocycles. The quantitative estimate of drug-likeness (QED) is 0.578. The third-order valence-electron chi connectivity index (χ3n) is 2.34. The summed E-state index contributed by atoms with van der Waals surface area (Å²) in [7, 11) is 1.30. The van der Waals surface area contributed by atoms with Crippen LogP contribution in [0.5, 0.6) is 0 Å². The van der Waals surface area contributed by atoms with E-state index >= 15 is 0 Å². The number of aromatic nitrogens is 1. The topological polar surface area (TPSA) is 59.5 Å². The lowest BCUT2D eigenvalue weighted by molar-refractivity contribution is -0.145. The number of ether oxygens (including phenoxy) is 1. The van der Waals surface area contributed by atoms with Crippen molar-refractivity contribution in [2.24, 2.45) is 0 Å². The molecule has 0 aliphatic heterocycles. The van der Waals surface area contributed by atoms with Gasteiger partial charge in [0.15, 0.2) is 0 Å². The molecule has 0 aliphatic carbocycles. The van der Waals surface area contributed by atoms with Gasteiger partial charge in [0, 0.05) is 25.0 Å². The Morgan fingerprint density at radius 2 is 2.28 bits per heavy atom. The van der Waals surface area contributed by atoms with Crippen LogP contribution >= 0.6 is 0 Å². The Labute approximate surface area is 106 Å². The molecular weight excluding hydrogens is 232 g/mol. The van der Waals surface area contributed by atoms with Crippen molar-refractivity contribution in [3.05, 3.63) is 36.2 Å². The van der Waals surface area contributed by atoms with Crippen LogP contribution in [0, 0.1) is 0 Å². The zero-order valence-electron chi connectivity index (χ0n) is 10.5. The van der Waals surface area contributed by atoms with Gasteiger partial charge in [0.25, 0.3) is 0 Å². The van der Waals surface area contributed by atoms with E-state index in [0.29, 0.717) is 6.54 Å². The first-order chi connectivity index (χ1) is 8.67. The van der Waals surface area contributed by atoms with Gasteiger partial charge in [-0.2, -0.15) is 0 Å². The first-order valence-electron chi connectivity index (χ1n) is 5.61. The van der Waals surface area contributed by atoms with E-state index in [4.69, 9.17) is 0 Å². The van der Waals surface area contributed by atoms with E-state index in [1.807, 2.05) is 6.07 Å². The Bertz CT molecular complexity index is 429. The van der Waals surface area contributed by atoms with Crippen molar-refractivity contribution in [3.8, 4) is 0 Å². The number of methoxy groups -OCH3 is 1.